The molecule has 3 aromatic rings. The summed E-state index contributed by atoms with van der Waals surface area (Å²) in [5, 5.41) is 10.5. The zero-order valence-electron chi connectivity index (χ0n) is 11.2. The van der Waals surface area contributed by atoms with Gasteiger partial charge in [0.1, 0.15) is 0 Å². The lowest BCUT2D eigenvalue weighted by molar-refractivity contribution is -0.137. The number of nitrogen functional groups attached to an aromatic ring is 1. The maximum atomic E-state index is 12.7. The van der Waals surface area contributed by atoms with Crippen LogP contribution in [0.5, 0.6) is 0 Å². The number of hydrogen-bond donors (Lipinski definition) is 2. The van der Waals surface area contributed by atoms with Crippen molar-refractivity contribution in [3.8, 4) is 0 Å². The van der Waals surface area contributed by atoms with Gasteiger partial charge in [0.2, 0.25) is 11.6 Å². The first-order chi connectivity index (χ1) is 10.4. The van der Waals surface area contributed by atoms with Crippen molar-refractivity contribution in [2.24, 2.45) is 0 Å². The molecule has 9 heteroatoms. The molecule has 0 atom stereocenters. The van der Waals surface area contributed by atoms with Gasteiger partial charge < -0.3 is 11.1 Å². The summed E-state index contributed by atoms with van der Waals surface area (Å²) in [5.41, 5.74) is 5.83. The normalized spacial score (nSPS) is 11.8. The molecule has 0 radical (unpaired) electrons. The maximum Gasteiger partial charge on any atom is 0.416 e. The summed E-state index contributed by atoms with van der Waals surface area (Å²) in [6, 6.07) is 5.08. The van der Waals surface area contributed by atoms with E-state index in [2.05, 4.69) is 20.5 Å². The topological polar surface area (TPSA) is 81.1 Å². The summed E-state index contributed by atoms with van der Waals surface area (Å²) in [5.74, 6) is 0.601. The average Bonchev–Trinajstić information content (AvgIpc) is 2.87. The molecule has 2 aromatic heterocycles. The summed E-state index contributed by atoms with van der Waals surface area (Å²) >= 11 is 0. The minimum absolute atomic E-state index is 0.170. The quantitative estimate of drug-likeness (QED) is 0.776. The highest BCUT2D eigenvalue weighted by atomic mass is 19.4. The number of nitrogens with two attached hydrogens (primary N) is 1. The number of fused-ring (bicyclic) bond motifs is 1. The standard InChI is InChI=1S/C13H11F3N6/c14-13(15,16)9-3-1-2-8(6-9)7-19-10-11-20-21-12(17)22(11)5-4-18-10/h1-6H,7H2,(H2,17,21)(H,18,19). The molecule has 3 rings (SSSR count). The van der Waals surface area contributed by atoms with Gasteiger partial charge in [-0.15, -0.1) is 10.2 Å². The van der Waals surface area contributed by atoms with Gasteiger partial charge in [0.05, 0.1) is 5.56 Å². The van der Waals surface area contributed by atoms with E-state index in [1.54, 1.807) is 12.3 Å². The van der Waals surface area contributed by atoms with Gasteiger partial charge in [0, 0.05) is 18.9 Å². The number of anilines is 2. The number of nitrogens with zero attached hydrogens (tertiary/aromatic N) is 4. The SMILES string of the molecule is Nc1nnc2c(NCc3cccc(C(F)(F)F)c3)nccn12. The van der Waals surface area contributed by atoms with Crippen molar-refractivity contribution in [2.75, 3.05) is 11.1 Å². The zero-order valence-corrected chi connectivity index (χ0v) is 11.2. The lowest BCUT2D eigenvalue weighted by atomic mass is 10.1. The first-order valence-electron chi connectivity index (χ1n) is 6.30. The molecule has 0 bridgehead atoms. The van der Waals surface area contributed by atoms with Crippen molar-refractivity contribution in [3.05, 3.63) is 47.8 Å². The van der Waals surface area contributed by atoms with Crippen LogP contribution in [0.15, 0.2) is 36.7 Å². The second-order valence-corrected chi connectivity index (χ2v) is 4.58. The third kappa shape index (κ3) is 2.65. The molecule has 114 valence electrons. The minimum Gasteiger partial charge on any atom is -0.368 e. The van der Waals surface area contributed by atoms with Gasteiger partial charge in [-0.25, -0.2) is 4.98 Å². The first-order valence-corrected chi connectivity index (χ1v) is 6.30. The van der Waals surface area contributed by atoms with E-state index in [9.17, 15) is 13.2 Å². The van der Waals surface area contributed by atoms with Gasteiger partial charge in [-0.3, -0.25) is 4.40 Å². The smallest absolute Gasteiger partial charge is 0.368 e. The van der Waals surface area contributed by atoms with Crippen molar-refractivity contribution in [1.29, 1.82) is 0 Å². The second kappa shape index (κ2) is 5.17. The number of aromatic nitrogens is 4. The fourth-order valence-corrected chi connectivity index (χ4v) is 2.01. The third-order valence-electron chi connectivity index (χ3n) is 3.07. The Labute approximate surface area is 122 Å². The second-order valence-electron chi connectivity index (χ2n) is 4.58. The molecule has 0 spiro atoms. The molecular weight excluding hydrogens is 297 g/mol. The van der Waals surface area contributed by atoms with Gasteiger partial charge in [-0.2, -0.15) is 13.2 Å². The van der Waals surface area contributed by atoms with Crippen molar-refractivity contribution >= 4 is 17.4 Å². The maximum absolute atomic E-state index is 12.7. The lowest BCUT2D eigenvalue weighted by Crippen LogP contribution is -2.08. The third-order valence-corrected chi connectivity index (χ3v) is 3.07. The van der Waals surface area contributed by atoms with E-state index >= 15 is 0 Å². The van der Waals surface area contributed by atoms with Gasteiger partial charge in [-0.1, -0.05) is 12.1 Å². The van der Waals surface area contributed by atoms with Crippen molar-refractivity contribution in [3.63, 3.8) is 0 Å². The Morgan fingerprint density at radius 1 is 1.23 bits per heavy atom. The molecule has 0 saturated heterocycles. The minimum atomic E-state index is -4.37. The largest absolute Gasteiger partial charge is 0.416 e. The van der Waals surface area contributed by atoms with Crippen molar-refractivity contribution < 1.29 is 13.2 Å². The number of hydrogen-bond acceptors (Lipinski definition) is 5. The van der Waals surface area contributed by atoms with E-state index in [0.29, 0.717) is 17.0 Å². The molecule has 3 N–H and O–H groups in total. The Balaban J connectivity index is 1.83. The van der Waals surface area contributed by atoms with Crippen molar-refractivity contribution in [2.45, 2.75) is 12.7 Å². The fraction of sp³-hybridized carbons (Fsp3) is 0.154. The molecule has 0 saturated carbocycles. The molecule has 1 aromatic carbocycles. The van der Waals surface area contributed by atoms with Crippen LogP contribution in [0.1, 0.15) is 11.1 Å². The van der Waals surface area contributed by atoms with Gasteiger partial charge >= 0.3 is 6.18 Å². The van der Waals surface area contributed by atoms with E-state index in [4.69, 9.17) is 5.73 Å². The van der Waals surface area contributed by atoms with Crippen molar-refractivity contribution in [1.82, 2.24) is 19.6 Å². The molecule has 2 heterocycles. The number of nitrogens with one attached hydrogen (secondary N) is 1. The predicted molar refractivity (Wildman–Crippen MR) is 74.0 cm³/mol. The highest BCUT2D eigenvalue weighted by Crippen LogP contribution is 2.29. The number of rotatable bonds is 3. The number of halogens is 3. The van der Waals surface area contributed by atoms with Crippen LogP contribution in [0, 0.1) is 0 Å². The summed E-state index contributed by atoms with van der Waals surface area (Å²) in [6.07, 6.45) is -1.27. The molecule has 0 aliphatic heterocycles. The van der Waals surface area contributed by atoms with E-state index in [-0.39, 0.29) is 12.5 Å². The highest BCUT2D eigenvalue weighted by molar-refractivity contribution is 5.63. The molecule has 0 amide bonds. The molecule has 0 aliphatic rings. The van der Waals surface area contributed by atoms with Crippen LogP contribution in [-0.4, -0.2) is 19.6 Å². The Morgan fingerprint density at radius 2 is 2.05 bits per heavy atom. The molecule has 0 fully saturated rings. The van der Waals surface area contributed by atoms with Crippen LogP contribution in [0.2, 0.25) is 0 Å². The van der Waals surface area contributed by atoms with Gasteiger partial charge in [0.15, 0.2) is 5.82 Å². The lowest BCUT2D eigenvalue weighted by Gasteiger charge is -2.10. The fourth-order valence-electron chi connectivity index (χ4n) is 2.01. The molecule has 22 heavy (non-hydrogen) atoms. The summed E-state index contributed by atoms with van der Waals surface area (Å²) in [7, 11) is 0. The summed E-state index contributed by atoms with van der Waals surface area (Å²) < 4.78 is 39.6. The van der Waals surface area contributed by atoms with Gasteiger partial charge in [0.25, 0.3) is 0 Å². The highest BCUT2D eigenvalue weighted by Gasteiger charge is 2.30. The van der Waals surface area contributed by atoms with Crippen LogP contribution in [0.3, 0.4) is 0 Å². The number of benzene rings is 1. The van der Waals surface area contributed by atoms with E-state index in [0.717, 1.165) is 12.1 Å². The first kappa shape index (κ1) is 14.1. The van der Waals surface area contributed by atoms with Gasteiger partial charge in [-0.05, 0) is 17.7 Å². The van der Waals surface area contributed by atoms with Crippen LogP contribution in [0.25, 0.3) is 5.65 Å². The molecule has 0 unspecified atom stereocenters. The predicted octanol–water partition coefficient (Wildman–Crippen LogP) is 2.34. The number of alkyl halides is 3. The summed E-state index contributed by atoms with van der Waals surface area (Å²) in [4.78, 5) is 4.09. The molecule has 0 aliphatic carbocycles. The van der Waals surface area contributed by atoms with Crippen LogP contribution in [0.4, 0.5) is 24.9 Å². The van der Waals surface area contributed by atoms with Crippen LogP contribution >= 0.6 is 0 Å². The zero-order chi connectivity index (χ0) is 15.7. The molecule has 6 nitrogen and oxygen atoms in total. The van der Waals surface area contributed by atoms with E-state index < -0.39 is 11.7 Å². The van der Waals surface area contributed by atoms with Crippen LogP contribution in [-0.2, 0) is 12.7 Å². The Bertz CT molecular complexity index is 811. The average molecular weight is 308 g/mol. The molecular formula is C13H11F3N6. The summed E-state index contributed by atoms with van der Waals surface area (Å²) in [6.45, 7) is 0.170. The Kier molecular flexibility index (Phi) is 3.32. The monoisotopic (exact) mass is 308 g/mol. The Morgan fingerprint density at radius 3 is 2.82 bits per heavy atom. The van der Waals surface area contributed by atoms with Crippen LogP contribution < -0.4 is 11.1 Å². The Hall–Kier alpha value is -2.84. The van der Waals surface area contributed by atoms with E-state index in [1.807, 2.05) is 0 Å². The van der Waals surface area contributed by atoms with E-state index in [1.165, 1.54) is 16.7 Å².